The van der Waals surface area contributed by atoms with Gasteiger partial charge in [-0.2, -0.15) is 0 Å². The van der Waals surface area contributed by atoms with E-state index in [-0.39, 0.29) is 0 Å². The van der Waals surface area contributed by atoms with Crippen LogP contribution >= 0.6 is 7.52 Å². The van der Waals surface area contributed by atoms with Crippen LogP contribution in [0, 0.1) is 0 Å². The molecule has 0 saturated heterocycles. The predicted molar refractivity (Wildman–Crippen MR) is 80.2 cm³/mol. The van der Waals surface area contributed by atoms with E-state index in [2.05, 4.69) is 6.92 Å². The highest BCUT2D eigenvalue weighted by atomic mass is 31.2. The Bertz CT molecular complexity index is 232. The molecule has 0 aliphatic rings. The minimum absolute atomic E-state index is 0.441. The van der Waals surface area contributed by atoms with Crippen molar-refractivity contribution in [3.63, 3.8) is 0 Å². The molecule has 4 heteroatoms. The van der Waals surface area contributed by atoms with Crippen molar-refractivity contribution in [3.8, 4) is 0 Å². The molecule has 0 aromatic carbocycles. The lowest BCUT2D eigenvalue weighted by Crippen LogP contribution is -2.10. The van der Waals surface area contributed by atoms with E-state index in [4.69, 9.17) is 0 Å². The Morgan fingerprint density at radius 2 is 1.22 bits per heavy atom. The van der Waals surface area contributed by atoms with Crippen LogP contribution in [0.1, 0.15) is 71.1 Å². The van der Waals surface area contributed by atoms with Crippen molar-refractivity contribution < 1.29 is 9.46 Å². The molecular weight excluding hydrogens is 245 g/mol. The second kappa shape index (κ2) is 11.0. The number of unbranched alkanes of at least 4 members (excludes halogenated alkanes) is 9. The first-order valence-corrected chi connectivity index (χ1v) is 9.30. The minimum Gasteiger partial charge on any atom is -0.333 e. The highest BCUT2D eigenvalue weighted by molar-refractivity contribution is 7.55. The van der Waals surface area contributed by atoms with Crippen LogP contribution in [0.25, 0.3) is 0 Å². The summed E-state index contributed by atoms with van der Waals surface area (Å²) in [5, 5.41) is 0. The molecule has 1 N–H and O–H groups in total. The summed E-state index contributed by atoms with van der Waals surface area (Å²) in [7, 11) is 0.350. The second-order valence-electron chi connectivity index (χ2n) is 5.42. The molecule has 1 unspecified atom stereocenters. The van der Waals surface area contributed by atoms with Crippen molar-refractivity contribution in [2.45, 2.75) is 71.1 Å². The van der Waals surface area contributed by atoms with Crippen LogP contribution in [0.3, 0.4) is 0 Å². The third kappa shape index (κ3) is 10.1. The molecule has 3 nitrogen and oxygen atoms in total. The Labute approximate surface area is 113 Å². The highest BCUT2D eigenvalue weighted by Gasteiger charge is 2.19. The average Bonchev–Trinajstić information content (AvgIpc) is 2.31. The molecule has 0 aliphatic carbocycles. The lowest BCUT2D eigenvalue weighted by Gasteiger charge is -2.18. The van der Waals surface area contributed by atoms with Gasteiger partial charge >= 0.3 is 0 Å². The van der Waals surface area contributed by atoms with Crippen LogP contribution in [0.4, 0.5) is 0 Å². The molecule has 0 radical (unpaired) electrons. The van der Waals surface area contributed by atoms with Gasteiger partial charge in [0.1, 0.15) is 0 Å². The Kier molecular flexibility index (Phi) is 11.1. The van der Waals surface area contributed by atoms with Gasteiger partial charge in [-0.3, -0.25) is 4.57 Å². The van der Waals surface area contributed by atoms with Gasteiger partial charge in [-0.05, 0) is 20.5 Å². The van der Waals surface area contributed by atoms with Crippen molar-refractivity contribution in [3.05, 3.63) is 0 Å². The first kappa shape index (κ1) is 18.1. The smallest absolute Gasteiger partial charge is 0.269 e. The maximum Gasteiger partial charge on any atom is 0.269 e. The van der Waals surface area contributed by atoms with Gasteiger partial charge < -0.3 is 4.89 Å². The van der Waals surface area contributed by atoms with Gasteiger partial charge in [0, 0.05) is 6.16 Å². The molecule has 0 heterocycles. The van der Waals surface area contributed by atoms with Gasteiger partial charge in [0.25, 0.3) is 7.52 Å². The van der Waals surface area contributed by atoms with Gasteiger partial charge in [0.2, 0.25) is 0 Å². The standard InChI is InChI=1S/C14H32NO2P/c1-4-5-6-7-8-9-10-11-12-13-14-18(16,17)15(2)3/h4-14H2,1-3H3,(H,16,17). The minimum atomic E-state index is -3.01. The fourth-order valence-corrected chi connectivity index (χ4v) is 3.04. The molecule has 0 aromatic heterocycles. The van der Waals surface area contributed by atoms with E-state index in [0.29, 0.717) is 6.16 Å². The summed E-state index contributed by atoms with van der Waals surface area (Å²) in [5.74, 6) is 0. The molecule has 0 fully saturated rings. The number of hydrogen-bond acceptors (Lipinski definition) is 1. The highest BCUT2D eigenvalue weighted by Crippen LogP contribution is 2.43. The third-order valence-electron chi connectivity index (χ3n) is 3.43. The SMILES string of the molecule is CCCCCCCCCCCCP(=O)(O)N(C)C. The van der Waals surface area contributed by atoms with E-state index in [0.717, 1.165) is 12.8 Å². The Morgan fingerprint density at radius 3 is 1.61 bits per heavy atom. The van der Waals surface area contributed by atoms with Gasteiger partial charge in [-0.15, -0.1) is 0 Å². The van der Waals surface area contributed by atoms with Crippen LogP contribution in [0.2, 0.25) is 0 Å². The zero-order valence-corrected chi connectivity index (χ0v) is 13.4. The Hall–Kier alpha value is 0.150. The third-order valence-corrected chi connectivity index (χ3v) is 5.58. The second-order valence-corrected chi connectivity index (χ2v) is 7.99. The van der Waals surface area contributed by atoms with Gasteiger partial charge in [-0.25, -0.2) is 4.67 Å². The van der Waals surface area contributed by atoms with Crippen molar-refractivity contribution in [1.29, 1.82) is 0 Å². The first-order valence-electron chi connectivity index (χ1n) is 7.50. The number of nitrogens with zero attached hydrogens (tertiary/aromatic N) is 1. The topological polar surface area (TPSA) is 40.5 Å². The summed E-state index contributed by atoms with van der Waals surface area (Å²) in [5.41, 5.74) is 0. The van der Waals surface area contributed by atoms with E-state index in [1.807, 2.05) is 0 Å². The zero-order chi connectivity index (χ0) is 13.9. The van der Waals surface area contributed by atoms with E-state index >= 15 is 0 Å². The lowest BCUT2D eigenvalue weighted by molar-refractivity contribution is 0.407. The van der Waals surface area contributed by atoms with Gasteiger partial charge in [0.05, 0.1) is 0 Å². The maximum atomic E-state index is 11.6. The van der Waals surface area contributed by atoms with Crippen molar-refractivity contribution in [2.75, 3.05) is 20.3 Å². The van der Waals surface area contributed by atoms with E-state index in [1.54, 1.807) is 14.1 Å². The lowest BCUT2D eigenvalue weighted by atomic mass is 10.1. The summed E-state index contributed by atoms with van der Waals surface area (Å²) in [6.07, 6.45) is 13.0. The predicted octanol–water partition coefficient (Wildman–Crippen LogP) is 4.65. The fourth-order valence-electron chi connectivity index (χ4n) is 2.01. The Morgan fingerprint density at radius 1 is 0.833 bits per heavy atom. The molecule has 0 amide bonds. The van der Waals surface area contributed by atoms with Crippen molar-refractivity contribution in [1.82, 2.24) is 4.67 Å². The molecular formula is C14H32NO2P. The molecule has 0 aliphatic heterocycles. The van der Waals surface area contributed by atoms with Crippen LogP contribution in [-0.2, 0) is 4.57 Å². The normalized spacial score (nSPS) is 14.9. The Balaban J connectivity index is 3.24. The molecule has 0 aromatic rings. The zero-order valence-electron chi connectivity index (χ0n) is 12.5. The molecule has 18 heavy (non-hydrogen) atoms. The quantitative estimate of drug-likeness (QED) is 0.417. The average molecular weight is 277 g/mol. The molecule has 0 saturated carbocycles. The molecule has 1 atom stereocenters. The summed E-state index contributed by atoms with van der Waals surface area (Å²) < 4.78 is 13.1. The van der Waals surface area contributed by atoms with Crippen LogP contribution in [0.5, 0.6) is 0 Å². The van der Waals surface area contributed by atoms with Gasteiger partial charge in [-0.1, -0.05) is 64.7 Å². The van der Waals surface area contributed by atoms with E-state index in [9.17, 15) is 9.46 Å². The molecule has 0 rings (SSSR count). The monoisotopic (exact) mass is 277 g/mol. The van der Waals surface area contributed by atoms with Crippen LogP contribution < -0.4 is 0 Å². The van der Waals surface area contributed by atoms with E-state index < -0.39 is 7.52 Å². The summed E-state index contributed by atoms with van der Waals surface area (Å²) in [6, 6.07) is 0. The molecule has 110 valence electrons. The maximum absolute atomic E-state index is 11.6. The summed E-state index contributed by atoms with van der Waals surface area (Å²) >= 11 is 0. The first-order chi connectivity index (χ1) is 8.50. The van der Waals surface area contributed by atoms with Crippen LogP contribution in [-0.4, -0.2) is 29.8 Å². The van der Waals surface area contributed by atoms with Crippen molar-refractivity contribution in [2.24, 2.45) is 0 Å². The van der Waals surface area contributed by atoms with Crippen molar-refractivity contribution >= 4 is 7.52 Å². The van der Waals surface area contributed by atoms with Gasteiger partial charge in [0.15, 0.2) is 0 Å². The molecule has 0 spiro atoms. The summed E-state index contributed by atoms with van der Waals surface area (Å²) in [4.78, 5) is 9.60. The summed E-state index contributed by atoms with van der Waals surface area (Å²) in [6.45, 7) is 2.24. The number of hydrogen-bond donors (Lipinski definition) is 1. The fraction of sp³-hybridized carbons (Fsp3) is 1.00. The van der Waals surface area contributed by atoms with Crippen LogP contribution in [0.15, 0.2) is 0 Å². The van der Waals surface area contributed by atoms with E-state index in [1.165, 1.54) is 56.0 Å². The molecule has 0 bridgehead atoms. The largest absolute Gasteiger partial charge is 0.333 e. The number of rotatable bonds is 12.